The molecule has 0 amide bonds. The minimum Gasteiger partial charge on any atom is -0.481 e. The molecule has 1 saturated carbocycles. The molecule has 0 radical (unpaired) electrons. The molecule has 0 unspecified atom stereocenters. The Bertz CT molecular complexity index is 418. The second-order valence-electron chi connectivity index (χ2n) is 3.91. The topological polar surface area (TPSA) is 63.1 Å². The molecule has 1 heterocycles. The molecule has 4 nitrogen and oxygen atoms in total. The maximum Gasteiger partial charge on any atom is 0.314 e. The third kappa shape index (κ3) is 1.49. The monoisotopic (exact) mass is 226 g/mol. The Kier molecular flexibility index (Phi) is 2.19. The van der Waals surface area contributed by atoms with Crippen LogP contribution in [-0.2, 0) is 10.2 Å². The first-order valence-corrected chi connectivity index (χ1v) is 5.10. The molecule has 1 N–H and O–H groups in total. The summed E-state index contributed by atoms with van der Waals surface area (Å²) in [5.74, 6) is -0.262. The average Bonchev–Trinajstić information content (AvgIpc) is 2.83. The van der Waals surface area contributed by atoms with Crippen LogP contribution in [0.5, 0.6) is 0 Å². The smallest absolute Gasteiger partial charge is 0.314 e. The molecular formula is C10H11ClN2O2. The van der Waals surface area contributed by atoms with E-state index in [1.165, 1.54) is 0 Å². The van der Waals surface area contributed by atoms with E-state index in [1.54, 1.807) is 13.8 Å². The molecule has 1 aromatic rings. The van der Waals surface area contributed by atoms with Crippen LogP contribution in [0.4, 0.5) is 0 Å². The van der Waals surface area contributed by atoms with E-state index in [-0.39, 0.29) is 5.15 Å². The van der Waals surface area contributed by atoms with Gasteiger partial charge in [0.1, 0.15) is 11.0 Å². The highest BCUT2D eigenvalue weighted by Gasteiger charge is 2.54. The van der Waals surface area contributed by atoms with Crippen molar-refractivity contribution < 1.29 is 9.90 Å². The standard InChI is InChI=1S/C10H11ClN2O2/c1-5-7(8(11)13-6(2)12-5)10(3-4-10)9(14)15/h3-4H2,1-2H3,(H,14,15). The fourth-order valence-electron chi connectivity index (χ4n) is 1.91. The number of halogens is 1. The van der Waals surface area contributed by atoms with Crippen molar-refractivity contribution in [2.24, 2.45) is 0 Å². The minimum atomic E-state index is -0.833. The Morgan fingerprint density at radius 3 is 2.40 bits per heavy atom. The lowest BCUT2D eigenvalue weighted by atomic mass is 9.96. The highest BCUT2D eigenvalue weighted by molar-refractivity contribution is 6.30. The van der Waals surface area contributed by atoms with E-state index >= 15 is 0 Å². The molecule has 0 aliphatic heterocycles. The van der Waals surface area contributed by atoms with Crippen molar-refractivity contribution in [3.8, 4) is 0 Å². The van der Waals surface area contributed by atoms with Gasteiger partial charge in [-0.1, -0.05) is 11.6 Å². The second-order valence-corrected chi connectivity index (χ2v) is 4.27. The molecule has 2 rings (SSSR count). The predicted molar refractivity (Wildman–Crippen MR) is 55.1 cm³/mol. The summed E-state index contributed by atoms with van der Waals surface area (Å²) in [4.78, 5) is 19.3. The molecule has 5 heteroatoms. The summed E-state index contributed by atoms with van der Waals surface area (Å²) in [6.45, 7) is 3.52. The fraction of sp³-hybridized carbons (Fsp3) is 0.500. The van der Waals surface area contributed by atoms with Gasteiger partial charge in [-0.25, -0.2) is 9.97 Å². The number of hydrogen-bond acceptors (Lipinski definition) is 3. The van der Waals surface area contributed by atoms with Crippen molar-refractivity contribution in [2.45, 2.75) is 32.1 Å². The normalized spacial score (nSPS) is 17.5. The number of aliphatic carboxylic acids is 1. The lowest BCUT2D eigenvalue weighted by molar-refractivity contribution is -0.140. The molecule has 80 valence electrons. The number of aryl methyl sites for hydroxylation is 2. The quantitative estimate of drug-likeness (QED) is 0.782. The third-order valence-electron chi connectivity index (χ3n) is 2.80. The van der Waals surface area contributed by atoms with Crippen LogP contribution in [0.3, 0.4) is 0 Å². The molecule has 1 aromatic heterocycles. The van der Waals surface area contributed by atoms with Crippen molar-refractivity contribution in [1.82, 2.24) is 9.97 Å². The number of nitrogens with zero attached hydrogens (tertiary/aromatic N) is 2. The summed E-state index contributed by atoms with van der Waals surface area (Å²) >= 11 is 5.99. The first kappa shape index (κ1) is 10.4. The summed E-state index contributed by atoms with van der Waals surface area (Å²) in [7, 11) is 0. The number of carboxylic acid groups (broad SMARTS) is 1. The van der Waals surface area contributed by atoms with Crippen LogP contribution in [0.25, 0.3) is 0 Å². The molecule has 0 bridgehead atoms. The van der Waals surface area contributed by atoms with Crippen LogP contribution in [0.1, 0.15) is 29.9 Å². The van der Waals surface area contributed by atoms with Crippen LogP contribution in [0.15, 0.2) is 0 Å². The third-order valence-corrected chi connectivity index (χ3v) is 3.07. The zero-order chi connectivity index (χ0) is 11.2. The van der Waals surface area contributed by atoms with Crippen LogP contribution in [0.2, 0.25) is 5.15 Å². The highest BCUT2D eigenvalue weighted by Crippen LogP contribution is 2.51. The van der Waals surface area contributed by atoms with Gasteiger partial charge in [-0.15, -0.1) is 0 Å². The first-order chi connectivity index (χ1) is 6.97. The maximum atomic E-state index is 11.2. The lowest BCUT2D eigenvalue weighted by Gasteiger charge is -2.14. The Hall–Kier alpha value is -1.16. The summed E-state index contributed by atoms with van der Waals surface area (Å²) in [6, 6.07) is 0. The first-order valence-electron chi connectivity index (χ1n) is 4.72. The van der Waals surface area contributed by atoms with Gasteiger partial charge < -0.3 is 5.11 Å². The van der Waals surface area contributed by atoms with Crippen LogP contribution >= 0.6 is 11.6 Å². The molecule has 0 spiro atoms. The Morgan fingerprint density at radius 1 is 1.40 bits per heavy atom. The molecule has 0 atom stereocenters. The van der Waals surface area contributed by atoms with Gasteiger partial charge in [-0.3, -0.25) is 4.79 Å². The highest BCUT2D eigenvalue weighted by atomic mass is 35.5. The molecule has 1 aliphatic rings. The van der Waals surface area contributed by atoms with Gasteiger partial charge in [0.05, 0.1) is 5.41 Å². The van der Waals surface area contributed by atoms with E-state index in [2.05, 4.69) is 9.97 Å². The van der Waals surface area contributed by atoms with Gasteiger partial charge in [0, 0.05) is 11.3 Å². The van der Waals surface area contributed by atoms with Crippen LogP contribution in [-0.4, -0.2) is 21.0 Å². The summed E-state index contributed by atoms with van der Waals surface area (Å²) in [6.07, 6.45) is 1.24. The molecule has 1 fully saturated rings. The summed E-state index contributed by atoms with van der Waals surface area (Å²) in [5, 5.41) is 9.44. The number of carbonyl (C=O) groups is 1. The average molecular weight is 227 g/mol. The van der Waals surface area contributed by atoms with Crippen LogP contribution in [0, 0.1) is 13.8 Å². The van der Waals surface area contributed by atoms with Crippen molar-refractivity contribution in [3.05, 3.63) is 22.2 Å². The van der Waals surface area contributed by atoms with Gasteiger partial charge >= 0.3 is 5.97 Å². The van der Waals surface area contributed by atoms with E-state index in [4.69, 9.17) is 16.7 Å². The Balaban J connectivity index is 2.58. The van der Waals surface area contributed by atoms with Gasteiger partial charge in [0.2, 0.25) is 0 Å². The maximum absolute atomic E-state index is 11.2. The molecule has 0 aromatic carbocycles. The Labute approximate surface area is 92.3 Å². The lowest BCUT2D eigenvalue weighted by Crippen LogP contribution is -2.22. The van der Waals surface area contributed by atoms with Crippen LogP contribution < -0.4 is 0 Å². The van der Waals surface area contributed by atoms with Crippen molar-refractivity contribution in [1.29, 1.82) is 0 Å². The zero-order valence-electron chi connectivity index (χ0n) is 8.54. The number of hydrogen-bond donors (Lipinski definition) is 1. The van der Waals surface area contributed by atoms with E-state index in [0.717, 1.165) is 0 Å². The largest absolute Gasteiger partial charge is 0.481 e. The van der Waals surface area contributed by atoms with Gasteiger partial charge in [-0.2, -0.15) is 0 Å². The predicted octanol–water partition coefficient (Wildman–Crippen LogP) is 1.86. The minimum absolute atomic E-state index is 0.278. The van der Waals surface area contributed by atoms with Gasteiger partial charge in [0.15, 0.2) is 0 Å². The summed E-state index contributed by atoms with van der Waals surface area (Å²) < 4.78 is 0. The number of aromatic nitrogens is 2. The van der Waals surface area contributed by atoms with Gasteiger partial charge in [0.25, 0.3) is 0 Å². The zero-order valence-corrected chi connectivity index (χ0v) is 9.30. The van der Waals surface area contributed by atoms with E-state index in [1.807, 2.05) is 0 Å². The SMILES string of the molecule is Cc1nc(C)c(C2(C(=O)O)CC2)c(Cl)n1. The molecular weight excluding hydrogens is 216 g/mol. The van der Waals surface area contributed by atoms with Crippen molar-refractivity contribution in [3.63, 3.8) is 0 Å². The van der Waals surface area contributed by atoms with Crippen molar-refractivity contribution >= 4 is 17.6 Å². The van der Waals surface area contributed by atoms with E-state index in [9.17, 15) is 4.79 Å². The fourth-order valence-corrected chi connectivity index (χ4v) is 2.35. The molecule has 1 aliphatic carbocycles. The second kappa shape index (κ2) is 3.17. The number of carboxylic acids is 1. The van der Waals surface area contributed by atoms with E-state index < -0.39 is 11.4 Å². The molecule has 15 heavy (non-hydrogen) atoms. The Morgan fingerprint density at radius 2 is 2.00 bits per heavy atom. The van der Waals surface area contributed by atoms with Crippen molar-refractivity contribution in [2.75, 3.05) is 0 Å². The summed E-state index contributed by atoms with van der Waals surface area (Å²) in [5.41, 5.74) is 0.434. The molecule has 0 saturated heterocycles. The number of rotatable bonds is 2. The van der Waals surface area contributed by atoms with E-state index in [0.29, 0.717) is 29.9 Å². The van der Waals surface area contributed by atoms with Gasteiger partial charge in [-0.05, 0) is 26.7 Å².